The van der Waals surface area contributed by atoms with Gasteiger partial charge in [-0.2, -0.15) is 0 Å². The minimum Gasteiger partial charge on any atom is -0.493 e. The monoisotopic (exact) mass is 622 g/mol. The van der Waals surface area contributed by atoms with E-state index in [2.05, 4.69) is 40.6 Å². The minimum atomic E-state index is -0.897. The SMILES string of the molecule is CCOc1cc(CN2CCC(C3=C(C4(c5ccc(C(=O)O)cc5)CCC4)NC=CC=C3)CC2)cc(OCC)c1-c1ccc(F)cc1. The molecule has 3 aromatic carbocycles. The Kier molecular flexibility index (Phi) is 9.59. The van der Waals surface area contributed by atoms with E-state index in [1.54, 1.807) is 24.3 Å². The molecule has 7 heteroatoms. The van der Waals surface area contributed by atoms with Crippen molar-refractivity contribution in [3.05, 3.63) is 119 Å². The van der Waals surface area contributed by atoms with Crippen LogP contribution >= 0.6 is 0 Å². The Morgan fingerprint density at radius 2 is 1.61 bits per heavy atom. The predicted molar refractivity (Wildman–Crippen MR) is 180 cm³/mol. The molecule has 2 aliphatic heterocycles. The van der Waals surface area contributed by atoms with Crippen molar-refractivity contribution in [1.29, 1.82) is 0 Å². The molecule has 2 fully saturated rings. The van der Waals surface area contributed by atoms with Crippen LogP contribution in [0.1, 0.15) is 67.4 Å². The van der Waals surface area contributed by atoms with E-state index in [0.717, 1.165) is 79.9 Å². The zero-order valence-corrected chi connectivity index (χ0v) is 26.7. The first-order chi connectivity index (χ1) is 22.4. The van der Waals surface area contributed by atoms with Crippen LogP contribution in [0.4, 0.5) is 4.39 Å². The number of carbonyl (C=O) groups is 1. The summed E-state index contributed by atoms with van der Waals surface area (Å²) >= 11 is 0. The highest BCUT2D eigenvalue weighted by atomic mass is 19.1. The summed E-state index contributed by atoms with van der Waals surface area (Å²) < 4.78 is 25.9. The van der Waals surface area contributed by atoms with Gasteiger partial charge in [0, 0.05) is 23.9 Å². The van der Waals surface area contributed by atoms with Gasteiger partial charge in [0.05, 0.1) is 24.3 Å². The first-order valence-electron chi connectivity index (χ1n) is 16.5. The van der Waals surface area contributed by atoms with Gasteiger partial charge in [-0.15, -0.1) is 0 Å². The number of hydrogen-bond acceptors (Lipinski definition) is 5. The lowest BCUT2D eigenvalue weighted by Crippen LogP contribution is -2.42. The van der Waals surface area contributed by atoms with Crippen LogP contribution in [-0.4, -0.2) is 42.3 Å². The van der Waals surface area contributed by atoms with Crippen molar-refractivity contribution in [3.63, 3.8) is 0 Å². The molecule has 1 saturated carbocycles. The highest BCUT2D eigenvalue weighted by molar-refractivity contribution is 5.87. The third-order valence-electron chi connectivity index (χ3n) is 9.66. The second-order valence-electron chi connectivity index (χ2n) is 12.4. The summed E-state index contributed by atoms with van der Waals surface area (Å²) in [5.74, 6) is 0.760. The number of rotatable bonds is 11. The molecule has 240 valence electrons. The Labute approximate surface area is 271 Å². The fourth-order valence-corrected chi connectivity index (χ4v) is 7.25. The topological polar surface area (TPSA) is 71.0 Å². The Balaban J connectivity index is 1.22. The van der Waals surface area contributed by atoms with Gasteiger partial charge < -0.3 is 19.9 Å². The number of ether oxygens (including phenoxy) is 2. The van der Waals surface area contributed by atoms with Crippen molar-refractivity contribution in [3.8, 4) is 22.6 Å². The second-order valence-corrected chi connectivity index (χ2v) is 12.4. The number of nitrogens with one attached hydrogen (secondary N) is 1. The third kappa shape index (κ3) is 6.47. The highest BCUT2D eigenvalue weighted by Crippen LogP contribution is 2.51. The van der Waals surface area contributed by atoms with E-state index < -0.39 is 5.97 Å². The molecule has 0 atom stereocenters. The maximum Gasteiger partial charge on any atom is 0.335 e. The first kappa shape index (κ1) is 31.6. The summed E-state index contributed by atoms with van der Waals surface area (Å²) in [6.07, 6.45) is 13.8. The smallest absolute Gasteiger partial charge is 0.335 e. The minimum absolute atomic E-state index is 0.125. The maximum atomic E-state index is 13.7. The van der Waals surface area contributed by atoms with Gasteiger partial charge >= 0.3 is 5.97 Å². The lowest BCUT2D eigenvalue weighted by molar-refractivity contribution is 0.0696. The van der Waals surface area contributed by atoms with Crippen LogP contribution in [-0.2, 0) is 12.0 Å². The van der Waals surface area contributed by atoms with Crippen LogP contribution in [0.5, 0.6) is 11.5 Å². The lowest BCUT2D eigenvalue weighted by Gasteiger charge is -2.46. The largest absolute Gasteiger partial charge is 0.493 e. The van der Waals surface area contributed by atoms with Crippen molar-refractivity contribution in [2.24, 2.45) is 5.92 Å². The predicted octanol–water partition coefficient (Wildman–Crippen LogP) is 8.25. The van der Waals surface area contributed by atoms with Crippen LogP contribution < -0.4 is 14.8 Å². The summed E-state index contributed by atoms with van der Waals surface area (Å²) in [5, 5.41) is 13.1. The number of halogens is 1. The Morgan fingerprint density at radius 3 is 2.17 bits per heavy atom. The van der Waals surface area contributed by atoms with E-state index >= 15 is 0 Å². The van der Waals surface area contributed by atoms with Crippen LogP contribution in [0.3, 0.4) is 0 Å². The average Bonchev–Trinajstić information content (AvgIpc) is 3.29. The van der Waals surface area contributed by atoms with Crippen molar-refractivity contribution in [2.45, 2.75) is 57.9 Å². The van der Waals surface area contributed by atoms with Crippen LogP contribution in [0.2, 0.25) is 0 Å². The fraction of sp³-hybridized carbons (Fsp3) is 0.359. The number of nitrogens with zero attached hydrogens (tertiary/aromatic N) is 1. The van der Waals surface area contributed by atoms with E-state index in [-0.39, 0.29) is 11.2 Å². The Bertz CT molecular complexity index is 1600. The quantitative estimate of drug-likeness (QED) is 0.224. The maximum absolute atomic E-state index is 13.7. The molecule has 0 amide bonds. The van der Waals surface area contributed by atoms with E-state index in [1.165, 1.54) is 29.0 Å². The highest BCUT2D eigenvalue weighted by Gasteiger charge is 2.44. The van der Waals surface area contributed by atoms with Gasteiger partial charge in [-0.3, -0.25) is 4.90 Å². The van der Waals surface area contributed by atoms with Gasteiger partial charge in [-0.25, -0.2) is 9.18 Å². The van der Waals surface area contributed by atoms with Crippen LogP contribution in [0.15, 0.2) is 96.4 Å². The second kappa shape index (κ2) is 14.0. The summed E-state index contributed by atoms with van der Waals surface area (Å²) in [6, 6.07) is 18.2. The van der Waals surface area contributed by atoms with E-state index in [9.17, 15) is 14.3 Å². The van der Waals surface area contributed by atoms with Crippen molar-refractivity contribution >= 4 is 5.97 Å². The average molecular weight is 623 g/mol. The first-order valence-corrected chi connectivity index (χ1v) is 16.5. The molecule has 1 aliphatic carbocycles. The fourth-order valence-electron chi connectivity index (χ4n) is 7.25. The Hall–Kier alpha value is -4.36. The molecular formula is C39H43FN2O4. The molecule has 1 saturated heterocycles. The third-order valence-corrected chi connectivity index (χ3v) is 9.66. The standard InChI is InChI=1S/C39H43FN2O4/c1-3-45-34-24-27(25-35(46-4-2)36(34)29-11-15-32(40)16-12-29)26-42-22-17-28(18-23-42)33-8-5-6-21-41-37(33)39(19-7-20-39)31-13-9-30(10-14-31)38(43)44/h5-6,8-16,21,24-25,28,41H,3-4,7,17-20,22-23,26H2,1-2H3,(H,43,44). The van der Waals surface area contributed by atoms with Gasteiger partial charge in [-0.05, 0) is 123 Å². The number of carboxylic acids is 1. The molecule has 2 heterocycles. The number of likely N-dealkylation sites (tertiary alicyclic amines) is 1. The molecule has 46 heavy (non-hydrogen) atoms. The van der Waals surface area contributed by atoms with Gasteiger partial charge in [-0.1, -0.05) is 42.8 Å². The zero-order chi connectivity index (χ0) is 32.1. The van der Waals surface area contributed by atoms with Crippen molar-refractivity contribution in [1.82, 2.24) is 10.2 Å². The van der Waals surface area contributed by atoms with Gasteiger partial charge in [0.15, 0.2) is 0 Å². The zero-order valence-electron chi connectivity index (χ0n) is 26.7. The van der Waals surface area contributed by atoms with E-state index in [1.807, 2.05) is 32.2 Å². The number of aromatic carboxylic acids is 1. The van der Waals surface area contributed by atoms with Crippen LogP contribution in [0.25, 0.3) is 11.1 Å². The van der Waals surface area contributed by atoms with Crippen LogP contribution in [0, 0.1) is 11.7 Å². The number of allylic oxidation sites excluding steroid dienone is 5. The van der Waals surface area contributed by atoms with Gasteiger partial charge in [0.1, 0.15) is 17.3 Å². The molecule has 0 unspecified atom stereocenters. The Morgan fingerprint density at radius 1 is 0.957 bits per heavy atom. The van der Waals surface area contributed by atoms with E-state index in [0.29, 0.717) is 24.7 Å². The van der Waals surface area contributed by atoms with Crippen molar-refractivity contribution in [2.75, 3.05) is 26.3 Å². The van der Waals surface area contributed by atoms with Gasteiger partial charge in [0.25, 0.3) is 0 Å². The number of hydrogen-bond donors (Lipinski definition) is 2. The number of benzene rings is 3. The summed E-state index contributed by atoms with van der Waals surface area (Å²) in [6.45, 7) is 7.72. The van der Waals surface area contributed by atoms with Gasteiger partial charge in [0.2, 0.25) is 0 Å². The summed E-state index contributed by atoms with van der Waals surface area (Å²) in [5.41, 5.74) is 6.87. The molecule has 6 nitrogen and oxygen atoms in total. The lowest BCUT2D eigenvalue weighted by atomic mass is 9.60. The molecule has 0 aromatic heterocycles. The molecule has 2 N–H and O–H groups in total. The molecule has 6 rings (SSSR count). The molecule has 0 bridgehead atoms. The molecule has 3 aliphatic rings. The molecule has 0 spiro atoms. The summed E-state index contributed by atoms with van der Waals surface area (Å²) in [7, 11) is 0. The van der Waals surface area contributed by atoms with E-state index in [4.69, 9.17) is 9.47 Å². The number of carboxylic acid groups (broad SMARTS) is 1. The molecule has 0 radical (unpaired) electrons. The summed E-state index contributed by atoms with van der Waals surface area (Å²) in [4.78, 5) is 14.0. The van der Waals surface area contributed by atoms with Crippen molar-refractivity contribution < 1.29 is 23.8 Å². The molecule has 3 aromatic rings. The molecular weight excluding hydrogens is 579 g/mol. The number of piperidine rings is 1. The normalized spacial score (nSPS) is 18.1.